The van der Waals surface area contributed by atoms with Gasteiger partial charge in [-0.15, -0.1) is 0 Å². The maximum absolute atomic E-state index is 13.7. The molecule has 2 heterocycles. The smallest absolute Gasteiger partial charge is 0.326 e. The summed E-state index contributed by atoms with van der Waals surface area (Å²) in [6, 6.07) is 5.21. The number of hydrogen-bond acceptors (Lipinski definition) is 4. The average molecular weight is 377 g/mol. The average Bonchev–Trinajstić information content (AvgIpc) is 2.85. The summed E-state index contributed by atoms with van der Waals surface area (Å²) in [5, 5.41) is 2.88. The summed E-state index contributed by atoms with van der Waals surface area (Å²) in [6.07, 6.45) is 1.24. The predicted molar refractivity (Wildman–Crippen MR) is 95.5 cm³/mol. The lowest BCUT2D eigenvalue weighted by Crippen LogP contribution is -2.46. The highest BCUT2D eigenvalue weighted by molar-refractivity contribution is 6.05. The van der Waals surface area contributed by atoms with Crippen molar-refractivity contribution >= 4 is 17.8 Å². The van der Waals surface area contributed by atoms with Crippen molar-refractivity contribution in [3.8, 4) is 0 Å². The van der Waals surface area contributed by atoms with Crippen molar-refractivity contribution in [1.82, 2.24) is 15.1 Å². The largest absolute Gasteiger partial charge is 0.381 e. The Labute approximate surface area is 157 Å². The first kappa shape index (κ1) is 19.3. The standard InChI is InChI=1S/C19H24FN3O4/c1-22-15(17(25)23(2)18(22)26)11-16(24)21-12-19(6-8-27-9-7-19)13-4-3-5-14(20)10-13/h3-5,10,15H,6-9,11-12H2,1-2H3,(H,21,24). The number of nitrogens with zero attached hydrogens (tertiary/aromatic N) is 2. The second-order valence-electron chi connectivity index (χ2n) is 7.19. The van der Waals surface area contributed by atoms with Crippen molar-refractivity contribution < 1.29 is 23.5 Å². The van der Waals surface area contributed by atoms with E-state index >= 15 is 0 Å². The minimum absolute atomic E-state index is 0.0961. The second kappa shape index (κ2) is 7.64. The molecule has 0 aliphatic carbocycles. The third-order valence-corrected chi connectivity index (χ3v) is 5.56. The molecule has 7 nitrogen and oxygen atoms in total. The van der Waals surface area contributed by atoms with Gasteiger partial charge in [-0.1, -0.05) is 12.1 Å². The van der Waals surface area contributed by atoms with Crippen LogP contribution in [0, 0.1) is 5.82 Å². The summed E-state index contributed by atoms with van der Waals surface area (Å²) >= 11 is 0. The Balaban J connectivity index is 1.68. The van der Waals surface area contributed by atoms with Gasteiger partial charge in [0.05, 0.1) is 6.42 Å². The Kier molecular flexibility index (Phi) is 5.46. The summed E-state index contributed by atoms with van der Waals surface area (Å²) in [6.45, 7) is 1.40. The number of carbonyl (C=O) groups is 3. The van der Waals surface area contributed by atoms with Gasteiger partial charge in [0, 0.05) is 39.3 Å². The number of ether oxygens (including phenoxy) is 1. The molecule has 4 amide bonds. The maximum atomic E-state index is 13.7. The van der Waals surface area contributed by atoms with Gasteiger partial charge in [0.25, 0.3) is 5.91 Å². The quantitative estimate of drug-likeness (QED) is 0.784. The van der Waals surface area contributed by atoms with E-state index in [1.54, 1.807) is 6.07 Å². The van der Waals surface area contributed by atoms with E-state index in [1.807, 2.05) is 6.07 Å². The van der Waals surface area contributed by atoms with Gasteiger partial charge in [-0.3, -0.25) is 14.5 Å². The second-order valence-corrected chi connectivity index (χ2v) is 7.19. The number of likely N-dealkylation sites (N-methyl/N-ethyl adjacent to an activating group) is 2. The zero-order valence-corrected chi connectivity index (χ0v) is 15.5. The van der Waals surface area contributed by atoms with E-state index < -0.39 is 17.5 Å². The van der Waals surface area contributed by atoms with Gasteiger partial charge >= 0.3 is 6.03 Å². The van der Waals surface area contributed by atoms with Crippen molar-refractivity contribution in [3.63, 3.8) is 0 Å². The summed E-state index contributed by atoms with van der Waals surface area (Å²) in [5.41, 5.74) is 0.420. The number of halogens is 1. The summed E-state index contributed by atoms with van der Waals surface area (Å²) in [5.74, 6) is -1.02. The van der Waals surface area contributed by atoms with Gasteiger partial charge in [-0.2, -0.15) is 0 Å². The Bertz CT molecular complexity index is 748. The minimum Gasteiger partial charge on any atom is -0.381 e. The van der Waals surface area contributed by atoms with Crippen molar-refractivity contribution in [2.24, 2.45) is 0 Å². The number of hydrogen-bond donors (Lipinski definition) is 1. The summed E-state index contributed by atoms with van der Waals surface area (Å²) in [4.78, 5) is 38.7. The summed E-state index contributed by atoms with van der Waals surface area (Å²) < 4.78 is 19.2. The Morgan fingerprint density at radius 2 is 2.00 bits per heavy atom. The number of imide groups is 1. The van der Waals surface area contributed by atoms with Crippen LogP contribution in [0.3, 0.4) is 0 Å². The predicted octanol–water partition coefficient (Wildman–Crippen LogP) is 1.27. The van der Waals surface area contributed by atoms with E-state index in [9.17, 15) is 18.8 Å². The lowest BCUT2D eigenvalue weighted by atomic mass is 9.74. The molecule has 0 bridgehead atoms. The first-order chi connectivity index (χ1) is 12.8. The van der Waals surface area contributed by atoms with Crippen molar-refractivity contribution in [2.75, 3.05) is 33.9 Å². The highest BCUT2D eigenvalue weighted by Crippen LogP contribution is 2.34. The molecule has 1 aromatic carbocycles. The Morgan fingerprint density at radius 1 is 1.30 bits per heavy atom. The normalized spacial score (nSPS) is 22.3. The Morgan fingerprint density at radius 3 is 2.59 bits per heavy atom. The number of urea groups is 1. The number of carbonyl (C=O) groups excluding carboxylic acids is 3. The number of rotatable bonds is 5. The molecule has 2 aliphatic heterocycles. The molecule has 2 fully saturated rings. The van der Waals surface area contributed by atoms with Gasteiger partial charge in [-0.25, -0.2) is 9.18 Å². The van der Waals surface area contributed by atoms with E-state index in [-0.39, 0.29) is 24.1 Å². The van der Waals surface area contributed by atoms with Gasteiger partial charge in [0.2, 0.25) is 5.91 Å². The lowest BCUT2D eigenvalue weighted by molar-refractivity contribution is -0.131. The van der Waals surface area contributed by atoms with Crippen LogP contribution in [0.15, 0.2) is 24.3 Å². The fourth-order valence-electron chi connectivity index (χ4n) is 3.74. The topological polar surface area (TPSA) is 79.0 Å². The van der Waals surface area contributed by atoms with E-state index in [2.05, 4.69) is 5.32 Å². The molecule has 1 unspecified atom stereocenters. The van der Waals surface area contributed by atoms with Crippen LogP contribution in [0.1, 0.15) is 24.8 Å². The molecular formula is C19H24FN3O4. The zero-order chi connectivity index (χ0) is 19.6. The Hall–Kier alpha value is -2.48. The van der Waals surface area contributed by atoms with Crippen LogP contribution in [0.4, 0.5) is 9.18 Å². The van der Waals surface area contributed by atoms with Crippen molar-refractivity contribution in [3.05, 3.63) is 35.6 Å². The van der Waals surface area contributed by atoms with E-state index in [4.69, 9.17) is 4.74 Å². The van der Waals surface area contributed by atoms with E-state index in [0.717, 1.165) is 10.5 Å². The molecule has 1 atom stereocenters. The number of amides is 4. The highest BCUT2D eigenvalue weighted by atomic mass is 19.1. The SMILES string of the molecule is CN1C(=O)C(CC(=O)NCC2(c3cccc(F)c3)CCOCC2)N(C)C1=O. The molecule has 8 heteroatoms. The van der Waals surface area contributed by atoms with Crippen LogP contribution in [-0.4, -0.2) is 67.5 Å². The van der Waals surface area contributed by atoms with Gasteiger partial charge in [-0.05, 0) is 30.5 Å². The molecular weight excluding hydrogens is 353 g/mol. The highest BCUT2D eigenvalue weighted by Gasteiger charge is 2.42. The maximum Gasteiger partial charge on any atom is 0.326 e. The van der Waals surface area contributed by atoms with Crippen LogP contribution in [-0.2, 0) is 19.7 Å². The molecule has 1 aromatic rings. The fourth-order valence-corrected chi connectivity index (χ4v) is 3.74. The van der Waals surface area contributed by atoms with Crippen molar-refractivity contribution in [2.45, 2.75) is 30.7 Å². The minimum atomic E-state index is -0.790. The third kappa shape index (κ3) is 3.80. The molecule has 27 heavy (non-hydrogen) atoms. The van der Waals surface area contributed by atoms with Crippen LogP contribution in [0.2, 0.25) is 0 Å². The molecule has 146 valence electrons. The van der Waals surface area contributed by atoms with Crippen LogP contribution in [0.5, 0.6) is 0 Å². The lowest BCUT2D eigenvalue weighted by Gasteiger charge is -2.38. The van der Waals surface area contributed by atoms with E-state index in [1.165, 1.54) is 31.1 Å². The molecule has 0 spiro atoms. The van der Waals surface area contributed by atoms with Crippen molar-refractivity contribution in [1.29, 1.82) is 0 Å². The van der Waals surface area contributed by atoms with Crippen LogP contribution in [0.25, 0.3) is 0 Å². The number of nitrogens with one attached hydrogen (secondary N) is 1. The van der Waals surface area contributed by atoms with Gasteiger partial charge in [0.15, 0.2) is 0 Å². The first-order valence-corrected chi connectivity index (χ1v) is 8.99. The fraction of sp³-hybridized carbons (Fsp3) is 0.526. The van der Waals surface area contributed by atoms with Gasteiger partial charge < -0.3 is 15.0 Å². The van der Waals surface area contributed by atoms with Crippen LogP contribution < -0.4 is 5.32 Å². The molecule has 1 N–H and O–H groups in total. The third-order valence-electron chi connectivity index (χ3n) is 5.56. The van der Waals surface area contributed by atoms with Gasteiger partial charge in [0.1, 0.15) is 11.9 Å². The molecule has 2 aliphatic rings. The monoisotopic (exact) mass is 377 g/mol. The molecule has 0 saturated carbocycles. The molecule has 3 rings (SSSR count). The first-order valence-electron chi connectivity index (χ1n) is 8.99. The number of benzene rings is 1. The van der Waals surface area contributed by atoms with Crippen LogP contribution >= 0.6 is 0 Å². The zero-order valence-electron chi connectivity index (χ0n) is 15.5. The molecule has 0 radical (unpaired) electrons. The molecule has 2 saturated heterocycles. The summed E-state index contributed by atoms with van der Waals surface area (Å²) in [7, 11) is 2.91. The van der Waals surface area contributed by atoms with E-state index in [0.29, 0.717) is 32.6 Å². The molecule has 0 aromatic heterocycles.